The van der Waals surface area contributed by atoms with E-state index >= 15 is 0 Å². The van der Waals surface area contributed by atoms with Crippen LogP contribution in [-0.4, -0.2) is 11.6 Å². The van der Waals surface area contributed by atoms with Gasteiger partial charge in [0.05, 0.1) is 6.61 Å². The van der Waals surface area contributed by atoms with Gasteiger partial charge in [0.2, 0.25) is 5.88 Å². The molecular formula is C13H12FNO. The highest BCUT2D eigenvalue weighted by Gasteiger charge is 2.00. The van der Waals surface area contributed by atoms with Crippen molar-refractivity contribution in [3.63, 3.8) is 0 Å². The first kappa shape index (κ1) is 10.6. The molecule has 2 nitrogen and oxygen atoms in total. The van der Waals surface area contributed by atoms with Gasteiger partial charge in [-0.15, -0.1) is 0 Å². The fourth-order valence-electron chi connectivity index (χ4n) is 1.45. The second-order valence-corrected chi connectivity index (χ2v) is 3.33. The molecule has 0 amide bonds. The Bertz CT molecular complexity index is 468. The van der Waals surface area contributed by atoms with Crippen LogP contribution in [0.3, 0.4) is 0 Å². The van der Waals surface area contributed by atoms with Gasteiger partial charge >= 0.3 is 0 Å². The fourth-order valence-corrected chi connectivity index (χ4v) is 1.45. The Labute approximate surface area is 93.7 Å². The van der Waals surface area contributed by atoms with Crippen molar-refractivity contribution in [2.24, 2.45) is 0 Å². The summed E-state index contributed by atoms with van der Waals surface area (Å²) in [6.07, 6.45) is 1.68. The predicted octanol–water partition coefficient (Wildman–Crippen LogP) is 3.29. The van der Waals surface area contributed by atoms with Gasteiger partial charge in [-0.2, -0.15) is 0 Å². The molecule has 1 aromatic heterocycles. The van der Waals surface area contributed by atoms with Gasteiger partial charge in [0, 0.05) is 17.8 Å². The summed E-state index contributed by atoms with van der Waals surface area (Å²) < 4.78 is 18.2. The van der Waals surface area contributed by atoms with Crippen molar-refractivity contribution in [1.29, 1.82) is 0 Å². The smallest absolute Gasteiger partial charge is 0.213 e. The Morgan fingerprint density at radius 2 is 2.06 bits per heavy atom. The Morgan fingerprint density at radius 3 is 2.69 bits per heavy atom. The van der Waals surface area contributed by atoms with E-state index in [-0.39, 0.29) is 5.82 Å². The van der Waals surface area contributed by atoms with Gasteiger partial charge in [0.25, 0.3) is 0 Å². The molecule has 0 atom stereocenters. The Hall–Kier alpha value is -1.90. The van der Waals surface area contributed by atoms with Crippen molar-refractivity contribution in [3.8, 4) is 17.0 Å². The van der Waals surface area contributed by atoms with E-state index in [2.05, 4.69) is 4.98 Å². The maximum absolute atomic E-state index is 13.0. The number of aromatic nitrogens is 1. The SMILES string of the molecule is CCOc1ccc(-c2cccc(F)c2)cn1. The van der Waals surface area contributed by atoms with Gasteiger partial charge in [-0.3, -0.25) is 0 Å². The normalized spacial score (nSPS) is 10.1. The molecule has 82 valence electrons. The van der Waals surface area contributed by atoms with Crippen molar-refractivity contribution in [2.75, 3.05) is 6.61 Å². The number of hydrogen-bond acceptors (Lipinski definition) is 2. The highest BCUT2D eigenvalue weighted by molar-refractivity contribution is 5.62. The summed E-state index contributed by atoms with van der Waals surface area (Å²) >= 11 is 0. The third kappa shape index (κ3) is 2.37. The van der Waals surface area contributed by atoms with Crippen LogP contribution in [0.4, 0.5) is 4.39 Å². The first-order valence-corrected chi connectivity index (χ1v) is 5.14. The number of benzene rings is 1. The minimum atomic E-state index is -0.244. The molecule has 1 aromatic carbocycles. The van der Waals surface area contributed by atoms with Crippen LogP contribution < -0.4 is 4.74 Å². The lowest BCUT2D eigenvalue weighted by Crippen LogP contribution is -1.93. The summed E-state index contributed by atoms with van der Waals surface area (Å²) in [5.41, 5.74) is 1.69. The number of hydrogen-bond donors (Lipinski definition) is 0. The van der Waals surface area contributed by atoms with Crippen LogP contribution in [0.2, 0.25) is 0 Å². The first-order chi connectivity index (χ1) is 7.79. The molecule has 0 radical (unpaired) electrons. The van der Waals surface area contributed by atoms with Crippen LogP contribution in [0.15, 0.2) is 42.6 Å². The molecule has 0 saturated carbocycles. The molecule has 2 aromatic rings. The highest BCUT2D eigenvalue weighted by atomic mass is 19.1. The second kappa shape index (κ2) is 4.75. The summed E-state index contributed by atoms with van der Waals surface area (Å²) in [4.78, 5) is 4.13. The van der Waals surface area contributed by atoms with E-state index in [1.54, 1.807) is 18.3 Å². The van der Waals surface area contributed by atoms with Crippen LogP contribution in [0, 0.1) is 5.82 Å². The number of ether oxygens (including phenoxy) is 1. The Morgan fingerprint density at radius 1 is 1.19 bits per heavy atom. The zero-order valence-electron chi connectivity index (χ0n) is 8.98. The van der Waals surface area contributed by atoms with E-state index in [1.165, 1.54) is 12.1 Å². The molecule has 0 saturated heterocycles. The molecule has 0 fully saturated rings. The van der Waals surface area contributed by atoms with E-state index in [4.69, 9.17) is 4.74 Å². The van der Waals surface area contributed by atoms with E-state index in [0.29, 0.717) is 12.5 Å². The van der Waals surface area contributed by atoms with Crippen molar-refractivity contribution in [1.82, 2.24) is 4.98 Å². The van der Waals surface area contributed by atoms with E-state index in [9.17, 15) is 4.39 Å². The standard InChI is InChI=1S/C13H12FNO/c1-2-16-13-7-6-11(9-15-13)10-4-3-5-12(14)8-10/h3-9H,2H2,1H3. The average molecular weight is 217 g/mol. The summed E-state index contributed by atoms with van der Waals surface area (Å²) in [6, 6.07) is 10.1. The van der Waals surface area contributed by atoms with Crippen LogP contribution >= 0.6 is 0 Å². The number of nitrogens with zero attached hydrogens (tertiary/aromatic N) is 1. The summed E-state index contributed by atoms with van der Waals surface area (Å²) in [6.45, 7) is 2.49. The van der Waals surface area contributed by atoms with E-state index in [1.807, 2.05) is 19.1 Å². The lowest BCUT2D eigenvalue weighted by molar-refractivity contribution is 0.327. The third-order valence-corrected chi connectivity index (χ3v) is 2.19. The van der Waals surface area contributed by atoms with Crippen molar-refractivity contribution >= 4 is 0 Å². The molecule has 0 N–H and O–H groups in total. The van der Waals surface area contributed by atoms with Gasteiger partial charge in [0.15, 0.2) is 0 Å². The Kier molecular flexibility index (Phi) is 3.15. The fraction of sp³-hybridized carbons (Fsp3) is 0.154. The quantitative estimate of drug-likeness (QED) is 0.787. The van der Waals surface area contributed by atoms with E-state index in [0.717, 1.165) is 11.1 Å². The topological polar surface area (TPSA) is 22.1 Å². The van der Waals surface area contributed by atoms with E-state index < -0.39 is 0 Å². The minimum absolute atomic E-state index is 0.244. The number of rotatable bonds is 3. The van der Waals surface area contributed by atoms with Crippen molar-refractivity contribution < 1.29 is 9.13 Å². The van der Waals surface area contributed by atoms with Gasteiger partial charge in [-0.25, -0.2) is 9.37 Å². The predicted molar refractivity (Wildman–Crippen MR) is 60.8 cm³/mol. The van der Waals surface area contributed by atoms with Gasteiger partial charge < -0.3 is 4.74 Å². The molecule has 0 aliphatic heterocycles. The zero-order chi connectivity index (χ0) is 11.4. The molecule has 0 bridgehead atoms. The van der Waals surface area contributed by atoms with Crippen LogP contribution in [0.5, 0.6) is 5.88 Å². The molecule has 0 unspecified atom stereocenters. The molecular weight excluding hydrogens is 205 g/mol. The van der Waals surface area contributed by atoms with Gasteiger partial charge in [-0.05, 0) is 30.7 Å². The summed E-state index contributed by atoms with van der Waals surface area (Å²) in [7, 11) is 0. The molecule has 3 heteroatoms. The minimum Gasteiger partial charge on any atom is -0.478 e. The van der Waals surface area contributed by atoms with Crippen LogP contribution in [0.1, 0.15) is 6.92 Å². The summed E-state index contributed by atoms with van der Waals surface area (Å²) in [5, 5.41) is 0. The monoisotopic (exact) mass is 217 g/mol. The van der Waals surface area contributed by atoms with Gasteiger partial charge in [0.1, 0.15) is 5.82 Å². The molecule has 1 heterocycles. The summed E-state index contributed by atoms with van der Waals surface area (Å²) in [5.74, 6) is 0.342. The van der Waals surface area contributed by atoms with Gasteiger partial charge in [-0.1, -0.05) is 12.1 Å². The maximum Gasteiger partial charge on any atom is 0.213 e. The van der Waals surface area contributed by atoms with Crippen LogP contribution in [0.25, 0.3) is 11.1 Å². The highest BCUT2D eigenvalue weighted by Crippen LogP contribution is 2.20. The zero-order valence-corrected chi connectivity index (χ0v) is 8.98. The number of halogens is 1. The third-order valence-electron chi connectivity index (χ3n) is 2.19. The number of pyridine rings is 1. The average Bonchev–Trinajstić information content (AvgIpc) is 2.30. The van der Waals surface area contributed by atoms with Crippen molar-refractivity contribution in [2.45, 2.75) is 6.92 Å². The molecule has 2 rings (SSSR count). The molecule has 0 spiro atoms. The molecule has 0 aliphatic carbocycles. The van der Waals surface area contributed by atoms with Crippen LogP contribution in [-0.2, 0) is 0 Å². The lowest BCUT2D eigenvalue weighted by Gasteiger charge is -2.04. The maximum atomic E-state index is 13.0. The largest absolute Gasteiger partial charge is 0.478 e. The second-order valence-electron chi connectivity index (χ2n) is 3.33. The first-order valence-electron chi connectivity index (χ1n) is 5.14. The molecule has 0 aliphatic rings. The van der Waals surface area contributed by atoms with Crippen molar-refractivity contribution in [3.05, 3.63) is 48.4 Å². The molecule has 16 heavy (non-hydrogen) atoms. The lowest BCUT2D eigenvalue weighted by atomic mass is 10.1. The Balaban J connectivity index is 2.27.